The molecule has 0 aromatic carbocycles. The Labute approximate surface area is 389 Å². The lowest BCUT2D eigenvalue weighted by Gasteiger charge is -2.18. The van der Waals surface area contributed by atoms with Crippen molar-refractivity contribution in [3.8, 4) is 0 Å². The molecule has 0 amide bonds. The highest BCUT2D eigenvalue weighted by Gasteiger charge is 2.19. The van der Waals surface area contributed by atoms with Crippen LogP contribution in [0.4, 0.5) is 0 Å². The summed E-state index contributed by atoms with van der Waals surface area (Å²) in [5, 5.41) is 0. The van der Waals surface area contributed by atoms with Crippen LogP contribution in [0.1, 0.15) is 252 Å². The minimum Gasteiger partial charge on any atom is -0.462 e. The summed E-state index contributed by atoms with van der Waals surface area (Å²) < 4.78 is 16.7. The third-order valence-electron chi connectivity index (χ3n) is 11.2. The van der Waals surface area contributed by atoms with Crippen molar-refractivity contribution in [2.45, 2.75) is 258 Å². The zero-order valence-electron chi connectivity index (χ0n) is 41.3. The Hall–Kier alpha value is -3.15. The molecule has 1 atom stereocenters. The summed E-state index contributed by atoms with van der Waals surface area (Å²) >= 11 is 0. The molecular weight excluding hydrogens is 781 g/mol. The monoisotopic (exact) mass is 879 g/mol. The Morgan fingerprint density at radius 1 is 0.333 bits per heavy atom. The maximum Gasteiger partial charge on any atom is 0.306 e. The maximum atomic E-state index is 12.8. The zero-order chi connectivity index (χ0) is 45.8. The molecule has 0 aliphatic carbocycles. The van der Waals surface area contributed by atoms with Crippen LogP contribution >= 0.6 is 0 Å². The van der Waals surface area contributed by atoms with Crippen LogP contribution in [0.5, 0.6) is 0 Å². The van der Waals surface area contributed by atoms with E-state index in [4.69, 9.17) is 14.2 Å². The highest BCUT2D eigenvalue weighted by molar-refractivity contribution is 5.71. The minimum atomic E-state index is -0.805. The summed E-state index contributed by atoms with van der Waals surface area (Å²) in [6, 6.07) is 0. The first-order valence-electron chi connectivity index (χ1n) is 26.4. The molecule has 0 rings (SSSR count). The van der Waals surface area contributed by atoms with E-state index in [0.717, 1.165) is 89.9 Å². The maximum absolute atomic E-state index is 12.8. The molecule has 0 aliphatic rings. The van der Waals surface area contributed by atoms with Gasteiger partial charge in [0.25, 0.3) is 0 Å². The third kappa shape index (κ3) is 49.7. The van der Waals surface area contributed by atoms with Crippen LogP contribution in [0.2, 0.25) is 0 Å². The van der Waals surface area contributed by atoms with Gasteiger partial charge in [-0.2, -0.15) is 0 Å². The SMILES string of the molecule is CC/C=C\C/C=C\C/C=C\CCCCCCC(=O)OC(COC(=O)CCC/C=C\C/C=C\C/C=C\CCCCCCCC)COC(=O)CCCCCCCCCCCCCCCC. The standard InChI is InChI=1S/C57H98O6/c1-4-7-10-13-16-19-22-25-28-29-30-33-35-38-41-44-47-50-56(59)62-53-54(63-57(60)51-48-45-42-39-36-32-27-24-21-18-15-12-9-6-3)52-61-55(58)49-46-43-40-37-34-31-26-23-20-17-14-11-8-5-2/h9,12,18,21,25,27-28,30,32-33,38,41,54H,4-8,10-11,13-17,19-20,22-24,26,29,31,34-37,39-40,42-53H2,1-3H3/b12-9-,21-18-,28-25-,32-27-,33-30-,41-38-. The molecule has 0 spiro atoms. The molecule has 0 fully saturated rings. The van der Waals surface area contributed by atoms with Crippen LogP contribution in [-0.4, -0.2) is 37.2 Å². The van der Waals surface area contributed by atoms with Gasteiger partial charge in [-0.15, -0.1) is 0 Å². The fourth-order valence-corrected chi connectivity index (χ4v) is 7.24. The number of hydrogen-bond donors (Lipinski definition) is 0. The van der Waals surface area contributed by atoms with Crippen LogP contribution in [0, 0.1) is 0 Å². The van der Waals surface area contributed by atoms with Gasteiger partial charge in [-0.1, -0.05) is 222 Å². The topological polar surface area (TPSA) is 78.9 Å². The van der Waals surface area contributed by atoms with Crippen LogP contribution < -0.4 is 0 Å². The first-order valence-corrected chi connectivity index (χ1v) is 26.4. The number of carbonyl (C=O) groups is 3. The molecule has 0 N–H and O–H groups in total. The molecule has 0 heterocycles. The number of ether oxygens (including phenoxy) is 3. The number of esters is 3. The van der Waals surface area contributed by atoms with Crippen molar-refractivity contribution in [3.63, 3.8) is 0 Å². The van der Waals surface area contributed by atoms with Crippen LogP contribution in [0.15, 0.2) is 72.9 Å². The van der Waals surface area contributed by atoms with E-state index in [9.17, 15) is 14.4 Å². The number of allylic oxidation sites excluding steroid dienone is 12. The van der Waals surface area contributed by atoms with E-state index in [1.165, 1.54) is 116 Å². The molecule has 0 bridgehead atoms. The summed E-state index contributed by atoms with van der Waals surface area (Å²) in [4.78, 5) is 38.0. The molecule has 0 saturated carbocycles. The van der Waals surface area contributed by atoms with Gasteiger partial charge >= 0.3 is 17.9 Å². The molecule has 0 aromatic rings. The average Bonchev–Trinajstić information content (AvgIpc) is 3.28. The van der Waals surface area contributed by atoms with Gasteiger partial charge in [0, 0.05) is 19.3 Å². The van der Waals surface area contributed by atoms with E-state index < -0.39 is 6.10 Å². The second kappa shape index (κ2) is 51.5. The fraction of sp³-hybridized carbons (Fsp3) is 0.737. The van der Waals surface area contributed by atoms with Crippen LogP contribution in [0.3, 0.4) is 0 Å². The average molecular weight is 879 g/mol. The molecule has 0 aliphatic heterocycles. The fourth-order valence-electron chi connectivity index (χ4n) is 7.24. The van der Waals surface area contributed by atoms with Crippen molar-refractivity contribution < 1.29 is 28.6 Å². The van der Waals surface area contributed by atoms with Gasteiger partial charge < -0.3 is 14.2 Å². The first-order chi connectivity index (χ1) is 31.0. The van der Waals surface area contributed by atoms with Crippen molar-refractivity contribution in [1.29, 1.82) is 0 Å². The Kier molecular flexibility index (Phi) is 48.9. The summed E-state index contributed by atoms with van der Waals surface area (Å²) in [6.07, 6.45) is 64.6. The first kappa shape index (κ1) is 59.9. The van der Waals surface area contributed by atoms with E-state index in [2.05, 4.69) is 93.7 Å². The van der Waals surface area contributed by atoms with E-state index in [1.54, 1.807) is 0 Å². The highest BCUT2D eigenvalue weighted by Crippen LogP contribution is 2.15. The second-order valence-electron chi connectivity index (χ2n) is 17.4. The van der Waals surface area contributed by atoms with Crippen molar-refractivity contribution in [2.24, 2.45) is 0 Å². The molecule has 63 heavy (non-hydrogen) atoms. The van der Waals surface area contributed by atoms with E-state index in [1.807, 2.05) is 0 Å². The summed E-state index contributed by atoms with van der Waals surface area (Å²) in [5.74, 6) is -0.972. The third-order valence-corrected chi connectivity index (χ3v) is 11.2. The predicted octanol–water partition coefficient (Wildman–Crippen LogP) is 17.4. The van der Waals surface area contributed by atoms with E-state index in [-0.39, 0.29) is 37.5 Å². The Balaban J connectivity index is 4.48. The molecular formula is C57H98O6. The summed E-state index contributed by atoms with van der Waals surface area (Å²) in [6.45, 7) is 6.46. The predicted molar refractivity (Wildman–Crippen MR) is 270 cm³/mol. The lowest BCUT2D eigenvalue weighted by atomic mass is 10.0. The van der Waals surface area contributed by atoms with Crippen molar-refractivity contribution in [3.05, 3.63) is 72.9 Å². The quantitative estimate of drug-likeness (QED) is 0.0262. The van der Waals surface area contributed by atoms with Crippen molar-refractivity contribution in [2.75, 3.05) is 13.2 Å². The Bertz CT molecular complexity index is 1190. The smallest absolute Gasteiger partial charge is 0.306 e. The summed E-state index contributed by atoms with van der Waals surface area (Å²) in [7, 11) is 0. The van der Waals surface area contributed by atoms with Gasteiger partial charge in [0.2, 0.25) is 0 Å². The molecule has 362 valence electrons. The number of hydrogen-bond acceptors (Lipinski definition) is 6. The van der Waals surface area contributed by atoms with E-state index >= 15 is 0 Å². The normalized spacial score (nSPS) is 12.6. The largest absolute Gasteiger partial charge is 0.462 e. The van der Waals surface area contributed by atoms with Gasteiger partial charge in [0.05, 0.1) is 0 Å². The molecule has 0 saturated heterocycles. The molecule has 6 heteroatoms. The second-order valence-corrected chi connectivity index (χ2v) is 17.4. The number of carbonyl (C=O) groups excluding carboxylic acids is 3. The van der Waals surface area contributed by atoms with Crippen LogP contribution in [0.25, 0.3) is 0 Å². The molecule has 1 unspecified atom stereocenters. The van der Waals surface area contributed by atoms with Gasteiger partial charge in [0.1, 0.15) is 13.2 Å². The molecule has 0 aromatic heterocycles. The summed E-state index contributed by atoms with van der Waals surface area (Å²) in [5.41, 5.74) is 0. The Morgan fingerprint density at radius 2 is 0.635 bits per heavy atom. The number of unbranched alkanes of at least 4 members (excludes halogenated alkanes) is 24. The number of rotatable bonds is 47. The minimum absolute atomic E-state index is 0.0986. The van der Waals surface area contributed by atoms with Gasteiger partial charge in [-0.3, -0.25) is 14.4 Å². The molecule has 0 radical (unpaired) electrons. The molecule has 6 nitrogen and oxygen atoms in total. The van der Waals surface area contributed by atoms with Crippen LogP contribution in [-0.2, 0) is 28.6 Å². The van der Waals surface area contributed by atoms with Crippen molar-refractivity contribution >= 4 is 17.9 Å². The lowest BCUT2D eigenvalue weighted by molar-refractivity contribution is -0.167. The van der Waals surface area contributed by atoms with Gasteiger partial charge in [0.15, 0.2) is 6.10 Å². The zero-order valence-corrected chi connectivity index (χ0v) is 41.3. The van der Waals surface area contributed by atoms with Gasteiger partial charge in [-0.25, -0.2) is 0 Å². The Morgan fingerprint density at radius 3 is 1.03 bits per heavy atom. The lowest BCUT2D eigenvalue weighted by Crippen LogP contribution is -2.30. The van der Waals surface area contributed by atoms with E-state index in [0.29, 0.717) is 19.3 Å². The van der Waals surface area contributed by atoms with Crippen molar-refractivity contribution in [1.82, 2.24) is 0 Å². The van der Waals surface area contributed by atoms with Gasteiger partial charge in [-0.05, 0) is 83.5 Å². The highest BCUT2D eigenvalue weighted by atomic mass is 16.6.